The highest BCUT2D eigenvalue weighted by atomic mass is 32.2. The summed E-state index contributed by atoms with van der Waals surface area (Å²) in [6.45, 7) is 2.44. The van der Waals surface area contributed by atoms with Gasteiger partial charge in [-0.2, -0.15) is 0 Å². The van der Waals surface area contributed by atoms with Gasteiger partial charge in [-0.25, -0.2) is 13.4 Å². The number of hydrogen-bond acceptors (Lipinski definition) is 6. The van der Waals surface area contributed by atoms with Gasteiger partial charge in [0.05, 0.1) is 16.4 Å². The minimum Gasteiger partial charge on any atom is -0.360 e. The molecule has 0 bridgehead atoms. The fourth-order valence-electron chi connectivity index (χ4n) is 2.85. The Kier molecular flexibility index (Phi) is 4.58. The van der Waals surface area contributed by atoms with Gasteiger partial charge in [0, 0.05) is 24.8 Å². The number of hydrogen-bond donors (Lipinski definition) is 1. The second kappa shape index (κ2) is 6.67. The Morgan fingerprint density at radius 1 is 1.36 bits per heavy atom. The Morgan fingerprint density at radius 3 is 2.84 bits per heavy atom. The summed E-state index contributed by atoms with van der Waals surface area (Å²) in [5.41, 5.74) is 1.90. The van der Waals surface area contributed by atoms with Gasteiger partial charge in [-0.1, -0.05) is 12.1 Å². The summed E-state index contributed by atoms with van der Waals surface area (Å²) in [6.07, 6.45) is 2.13. The molecule has 1 fully saturated rings. The van der Waals surface area contributed by atoms with Gasteiger partial charge in [-0.15, -0.1) is 0 Å². The first-order valence-corrected chi connectivity index (χ1v) is 9.42. The first-order valence-electron chi connectivity index (χ1n) is 7.82. The average molecular weight is 362 g/mol. The van der Waals surface area contributed by atoms with E-state index >= 15 is 0 Å². The SMILES string of the molecule is Cc1ccnc(NCc2cccc(N3CCCS3(=O)=O)c2)c1[N+](=O)[O-]. The summed E-state index contributed by atoms with van der Waals surface area (Å²) in [6, 6.07) is 8.72. The van der Waals surface area contributed by atoms with Crippen LogP contribution in [0.15, 0.2) is 36.5 Å². The quantitative estimate of drug-likeness (QED) is 0.647. The number of anilines is 2. The van der Waals surface area contributed by atoms with Crippen LogP contribution in [-0.2, 0) is 16.6 Å². The fraction of sp³-hybridized carbons (Fsp3) is 0.312. The Balaban J connectivity index is 1.81. The van der Waals surface area contributed by atoms with Crippen molar-refractivity contribution in [1.29, 1.82) is 0 Å². The standard InChI is InChI=1S/C16H18N4O4S/c1-12-6-7-17-16(15(12)20(21)22)18-11-13-4-2-5-14(10-13)19-8-3-9-25(19,23)24/h2,4-7,10H,3,8-9,11H2,1H3,(H,17,18). The molecule has 0 aliphatic carbocycles. The highest BCUT2D eigenvalue weighted by Crippen LogP contribution is 2.27. The molecule has 0 unspecified atom stereocenters. The number of sulfonamides is 1. The van der Waals surface area contributed by atoms with Gasteiger partial charge in [0.15, 0.2) is 0 Å². The lowest BCUT2D eigenvalue weighted by molar-refractivity contribution is -0.384. The number of nitrogens with one attached hydrogen (secondary N) is 1. The van der Waals surface area contributed by atoms with Crippen molar-refractivity contribution >= 4 is 27.2 Å². The number of rotatable bonds is 5. The monoisotopic (exact) mass is 362 g/mol. The molecular formula is C16H18N4O4S. The highest BCUT2D eigenvalue weighted by molar-refractivity contribution is 7.93. The first kappa shape index (κ1) is 17.2. The van der Waals surface area contributed by atoms with E-state index in [1.165, 1.54) is 10.5 Å². The molecule has 1 aliphatic rings. The summed E-state index contributed by atoms with van der Waals surface area (Å²) < 4.78 is 25.5. The van der Waals surface area contributed by atoms with Gasteiger partial charge in [0.25, 0.3) is 0 Å². The van der Waals surface area contributed by atoms with Crippen molar-refractivity contribution in [3.63, 3.8) is 0 Å². The third-order valence-electron chi connectivity index (χ3n) is 4.07. The Labute approximate surface area is 145 Å². The molecule has 3 rings (SSSR count). The number of nitrogens with zero attached hydrogens (tertiary/aromatic N) is 3. The van der Waals surface area contributed by atoms with E-state index in [9.17, 15) is 18.5 Å². The lowest BCUT2D eigenvalue weighted by atomic mass is 10.2. The minimum absolute atomic E-state index is 0.0548. The van der Waals surface area contributed by atoms with Crippen LogP contribution in [0.25, 0.3) is 0 Å². The van der Waals surface area contributed by atoms with E-state index in [1.807, 2.05) is 6.07 Å². The largest absolute Gasteiger partial charge is 0.360 e. The maximum absolute atomic E-state index is 12.0. The fourth-order valence-corrected chi connectivity index (χ4v) is 4.40. The predicted molar refractivity (Wildman–Crippen MR) is 95.1 cm³/mol. The maximum Gasteiger partial charge on any atom is 0.314 e. The lowest BCUT2D eigenvalue weighted by Crippen LogP contribution is -2.25. The summed E-state index contributed by atoms with van der Waals surface area (Å²) in [7, 11) is -3.24. The molecule has 0 spiro atoms. The zero-order valence-corrected chi connectivity index (χ0v) is 14.5. The van der Waals surface area contributed by atoms with E-state index < -0.39 is 14.9 Å². The second-order valence-electron chi connectivity index (χ2n) is 5.85. The van der Waals surface area contributed by atoms with Crippen LogP contribution in [0.4, 0.5) is 17.2 Å². The Morgan fingerprint density at radius 2 is 2.16 bits per heavy atom. The average Bonchev–Trinajstić information content (AvgIpc) is 2.92. The van der Waals surface area contributed by atoms with Crippen LogP contribution in [0.5, 0.6) is 0 Å². The van der Waals surface area contributed by atoms with E-state index in [4.69, 9.17) is 0 Å². The Bertz CT molecular complexity index is 914. The molecular weight excluding hydrogens is 344 g/mol. The lowest BCUT2D eigenvalue weighted by Gasteiger charge is -2.17. The van der Waals surface area contributed by atoms with Crippen molar-refractivity contribution in [3.8, 4) is 0 Å². The van der Waals surface area contributed by atoms with E-state index in [-0.39, 0.29) is 17.3 Å². The van der Waals surface area contributed by atoms with Crippen molar-refractivity contribution in [1.82, 2.24) is 4.98 Å². The van der Waals surface area contributed by atoms with Crippen LogP contribution < -0.4 is 9.62 Å². The van der Waals surface area contributed by atoms with Crippen molar-refractivity contribution in [2.24, 2.45) is 0 Å². The van der Waals surface area contributed by atoms with Crippen molar-refractivity contribution in [2.45, 2.75) is 19.9 Å². The number of nitro groups is 1. The molecule has 1 N–H and O–H groups in total. The third kappa shape index (κ3) is 3.55. The van der Waals surface area contributed by atoms with E-state index in [0.29, 0.717) is 30.8 Å². The predicted octanol–water partition coefficient (Wildman–Crippen LogP) is 2.45. The number of aromatic nitrogens is 1. The number of pyridine rings is 1. The van der Waals surface area contributed by atoms with Gasteiger partial charge in [-0.05, 0) is 37.1 Å². The minimum atomic E-state index is -3.24. The molecule has 132 valence electrons. The third-order valence-corrected chi connectivity index (χ3v) is 5.94. The molecule has 25 heavy (non-hydrogen) atoms. The van der Waals surface area contributed by atoms with Crippen molar-refractivity contribution in [3.05, 3.63) is 57.8 Å². The first-order chi connectivity index (χ1) is 11.9. The second-order valence-corrected chi connectivity index (χ2v) is 7.86. The van der Waals surface area contributed by atoms with Crippen LogP contribution in [0.1, 0.15) is 17.5 Å². The smallest absolute Gasteiger partial charge is 0.314 e. The van der Waals surface area contributed by atoms with Gasteiger partial charge in [0.2, 0.25) is 15.8 Å². The van der Waals surface area contributed by atoms with E-state index in [0.717, 1.165) is 5.56 Å². The zero-order chi connectivity index (χ0) is 18.0. The van der Waals surface area contributed by atoms with E-state index in [1.54, 1.807) is 31.2 Å². The molecule has 1 aromatic heterocycles. The Hall–Kier alpha value is -2.68. The molecule has 1 aromatic carbocycles. The molecule has 0 amide bonds. The van der Waals surface area contributed by atoms with E-state index in [2.05, 4.69) is 10.3 Å². The molecule has 9 heteroatoms. The highest BCUT2D eigenvalue weighted by Gasteiger charge is 2.28. The molecule has 0 saturated carbocycles. The van der Waals surface area contributed by atoms with Crippen LogP contribution in [-0.4, -0.2) is 30.6 Å². The van der Waals surface area contributed by atoms with Crippen LogP contribution in [0, 0.1) is 17.0 Å². The topological polar surface area (TPSA) is 105 Å². The van der Waals surface area contributed by atoms with Crippen LogP contribution in [0.3, 0.4) is 0 Å². The molecule has 2 heterocycles. The molecule has 1 aliphatic heterocycles. The number of aryl methyl sites for hydroxylation is 1. The van der Waals surface area contributed by atoms with Crippen molar-refractivity contribution in [2.75, 3.05) is 21.9 Å². The summed E-state index contributed by atoms with van der Waals surface area (Å²) in [5, 5.41) is 14.2. The summed E-state index contributed by atoms with van der Waals surface area (Å²) >= 11 is 0. The van der Waals surface area contributed by atoms with Gasteiger partial charge in [0.1, 0.15) is 0 Å². The number of benzene rings is 1. The molecule has 2 aromatic rings. The van der Waals surface area contributed by atoms with Crippen LogP contribution >= 0.6 is 0 Å². The molecule has 8 nitrogen and oxygen atoms in total. The van der Waals surface area contributed by atoms with Gasteiger partial charge >= 0.3 is 5.69 Å². The van der Waals surface area contributed by atoms with Gasteiger partial charge in [-0.3, -0.25) is 14.4 Å². The van der Waals surface area contributed by atoms with Crippen LogP contribution in [0.2, 0.25) is 0 Å². The summed E-state index contributed by atoms with van der Waals surface area (Å²) in [5.74, 6) is 0.360. The normalized spacial score (nSPS) is 16.0. The maximum atomic E-state index is 12.0. The molecule has 0 radical (unpaired) electrons. The van der Waals surface area contributed by atoms with Gasteiger partial charge < -0.3 is 5.32 Å². The zero-order valence-electron chi connectivity index (χ0n) is 13.7. The molecule has 1 saturated heterocycles. The molecule has 0 atom stereocenters. The summed E-state index contributed by atoms with van der Waals surface area (Å²) in [4.78, 5) is 14.8. The van der Waals surface area contributed by atoms with Crippen molar-refractivity contribution < 1.29 is 13.3 Å².